The van der Waals surface area contributed by atoms with E-state index >= 15 is 0 Å². The summed E-state index contributed by atoms with van der Waals surface area (Å²) in [4.78, 5) is 8.06. The Morgan fingerprint density at radius 3 is 2.68 bits per heavy atom. The average molecular weight is 324 g/mol. The van der Waals surface area contributed by atoms with E-state index in [1.807, 2.05) is 18.2 Å². The molecular weight excluding hydrogens is 310 g/mol. The largest absolute Gasteiger partial charge is 0.493 e. The molecule has 2 aromatic rings. The quantitative estimate of drug-likeness (QED) is 0.916. The van der Waals surface area contributed by atoms with Gasteiger partial charge in [-0.1, -0.05) is 6.07 Å². The summed E-state index contributed by atoms with van der Waals surface area (Å²) in [5.74, 6) is 2.18. The predicted molar refractivity (Wildman–Crippen MR) is 76.6 cm³/mol. The van der Waals surface area contributed by atoms with Crippen LogP contribution in [0.15, 0.2) is 35.2 Å². The Morgan fingerprint density at radius 2 is 2.00 bits per heavy atom. The fraction of sp³-hybridized carbons (Fsp3) is 0.231. The summed E-state index contributed by atoms with van der Waals surface area (Å²) in [6.45, 7) is 0.635. The third-order valence-corrected chi connectivity index (χ3v) is 3.16. The van der Waals surface area contributed by atoms with Gasteiger partial charge in [0, 0.05) is 12.7 Å². The molecular formula is C13H14BrN3O2. The maximum atomic E-state index is 5.26. The first-order chi connectivity index (χ1) is 9.24. The topological polar surface area (TPSA) is 56.3 Å². The molecule has 0 aliphatic rings. The van der Waals surface area contributed by atoms with Crippen molar-refractivity contribution < 1.29 is 9.47 Å². The Hall–Kier alpha value is -1.82. The molecule has 100 valence electrons. The first-order valence-corrected chi connectivity index (χ1v) is 6.44. The highest BCUT2D eigenvalue weighted by Gasteiger charge is 2.05. The fourth-order valence-electron chi connectivity index (χ4n) is 1.62. The zero-order valence-corrected chi connectivity index (χ0v) is 12.3. The minimum Gasteiger partial charge on any atom is -0.493 e. The summed E-state index contributed by atoms with van der Waals surface area (Å²) < 4.78 is 11.3. The summed E-state index contributed by atoms with van der Waals surface area (Å²) in [6.07, 6.45) is 3.20. The standard InChI is InChI=1S/C13H14BrN3O2/c1-18-11-4-3-9(5-12(11)19-2)6-16-13-10(14)7-15-8-17-13/h3-5,7-8H,6H2,1-2H3,(H,15,16,17). The van der Waals surface area contributed by atoms with Crippen LogP contribution in [0, 0.1) is 0 Å². The van der Waals surface area contributed by atoms with Crippen molar-refractivity contribution in [3.63, 3.8) is 0 Å². The number of ether oxygens (including phenoxy) is 2. The van der Waals surface area contributed by atoms with Crippen LogP contribution in [0.3, 0.4) is 0 Å². The molecule has 2 rings (SSSR count). The van der Waals surface area contributed by atoms with Gasteiger partial charge in [-0.15, -0.1) is 0 Å². The summed E-state index contributed by atoms with van der Waals surface area (Å²) in [6, 6.07) is 5.79. The molecule has 0 spiro atoms. The Morgan fingerprint density at radius 1 is 1.21 bits per heavy atom. The molecule has 0 bridgehead atoms. The first kappa shape index (κ1) is 13.6. The number of benzene rings is 1. The highest BCUT2D eigenvalue weighted by atomic mass is 79.9. The van der Waals surface area contributed by atoms with Crippen molar-refractivity contribution in [2.75, 3.05) is 19.5 Å². The van der Waals surface area contributed by atoms with Gasteiger partial charge in [-0.2, -0.15) is 0 Å². The Labute approximate surface area is 120 Å². The molecule has 0 unspecified atom stereocenters. The van der Waals surface area contributed by atoms with Crippen LogP contribution in [0.4, 0.5) is 5.82 Å². The van der Waals surface area contributed by atoms with Crippen LogP contribution in [-0.2, 0) is 6.54 Å². The van der Waals surface area contributed by atoms with Gasteiger partial charge in [0.1, 0.15) is 12.1 Å². The molecule has 0 saturated heterocycles. The number of aromatic nitrogens is 2. The lowest BCUT2D eigenvalue weighted by atomic mass is 10.2. The highest BCUT2D eigenvalue weighted by molar-refractivity contribution is 9.10. The number of hydrogen-bond acceptors (Lipinski definition) is 5. The molecule has 19 heavy (non-hydrogen) atoms. The van der Waals surface area contributed by atoms with Crippen LogP contribution >= 0.6 is 15.9 Å². The van der Waals surface area contributed by atoms with Crippen molar-refractivity contribution in [1.82, 2.24) is 9.97 Å². The lowest BCUT2D eigenvalue weighted by Crippen LogP contribution is -2.03. The molecule has 0 radical (unpaired) electrons. The van der Waals surface area contributed by atoms with Crippen LogP contribution in [-0.4, -0.2) is 24.2 Å². The molecule has 0 saturated carbocycles. The molecule has 0 aliphatic carbocycles. The van der Waals surface area contributed by atoms with E-state index in [0.717, 1.165) is 21.6 Å². The third kappa shape index (κ3) is 3.35. The first-order valence-electron chi connectivity index (χ1n) is 5.65. The zero-order valence-electron chi connectivity index (χ0n) is 10.7. The van der Waals surface area contributed by atoms with Crippen molar-refractivity contribution in [3.05, 3.63) is 40.8 Å². The Bertz CT molecular complexity index is 563. The summed E-state index contributed by atoms with van der Waals surface area (Å²) in [5.41, 5.74) is 1.07. The highest BCUT2D eigenvalue weighted by Crippen LogP contribution is 2.28. The van der Waals surface area contributed by atoms with Crippen LogP contribution < -0.4 is 14.8 Å². The van der Waals surface area contributed by atoms with Crippen molar-refractivity contribution in [3.8, 4) is 11.5 Å². The summed E-state index contributed by atoms with van der Waals surface area (Å²) >= 11 is 3.39. The van der Waals surface area contributed by atoms with Crippen molar-refractivity contribution >= 4 is 21.7 Å². The molecule has 0 fully saturated rings. The van der Waals surface area contributed by atoms with E-state index in [0.29, 0.717) is 12.3 Å². The Kier molecular flexibility index (Phi) is 4.57. The lowest BCUT2D eigenvalue weighted by molar-refractivity contribution is 0.354. The van der Waals surface area contributed by atoms with Crippen molar-refractivity contribution in [2.45, 2.75) is 6.54 Å². The van der Waals surface area contributed by atoms with E-state index in [4.69, 9.17) is 9.47 Å². The van der Waals surface area contributed by atoms with Crippen molar-refractivity contribution in [1.29, 1.82) is 0 Å². The lowest BCUT2D eigenvalue weighted by Gasteiger charge is -2.11. The number of rotatable bonds is 5. The van der Waals surface area contributed by atoms with Crippen molar-refractivity contribution in [2.24, 2.45) is 0 Å². The number of nitrogens with zero attached hydrogens (tertiary/aromatic N) is 2. The average Bonchev–Trinajstić information content (AvgIpc) is 2.46. The predicted octanol–water partition coefficient (Wildman–Crippen LogP) is 2.87. The number of methoxy groups -OCH3 is 2. The molecule has 1 N–H and O–H groups in total. The SMILES string of the molecule is COc1ccc(CNc2ncncc2Br)cc1OC. The normalized spacial score (nSPS) is 10.1. The summed E-state index contributed by atoms with van der Waals surface area (Å²) in [7, 11) is 3.24. The number of hydrogen-bond donors (Lipinski definition) is 1. The molecule has 5 nitrogen and oxygen atoms in total. The minimum atomic E-state index is 0.635. The van der Waals surface area contributed by atoms with Gasteiger partial charge >= 0.3 is 0 Å². The number of nitrogens with one attached hydrogen (secondary N) is 1. The van der Waals surface area contributed by atoms with Gasteiger partial charge < -0.3 is 14.8 Å². The number of anilines is 1. The van der Waals surface area contributed by atoms with Gasteiger partial charge in [0.15, 0.2) is 11.5 Å². The second kappa shape index (κ2) is 6.38. The van der Waals surface area contributed by atoms with E-state index in [1.54, 1.807) is 20.4 Å². The van der Waals surface area contributed by atoms with Crippen LogP contribution in [0.25, 0.3) is 0 Å². The van der Waals surface area contributed by atoms with Gasteiger partial charge in [0.2, 0.25) is 0 Å². The number of halogens is 1. The van der Waals surface area contributed by atoms with E-state index in [9.17, 15) is 0 Å². The van der Waals surface area contributed by atoms with E-state index in [1.165, 1.54) is 6.33 Å². The smallest absolute Gasteiger partial charge is 0.161 e. The van der Waals surface area contributed by atoms with E-state index in [-0.39, 0.29) is 0 Å². The minimum absolute atomic E-state index is 0.635. The molecule has 0 aliphatic heterocycles. The van der Waals surface area contributed by atoms with E-state index in [2.05, 4.69) is 31.2 Å². The second-order valence-corrected chi connectivity index (χ2v) is 4.62. The van der Waals surface area contributed by atoms with Crippen LogP contribution in [0.1, 0.15) is 5.56 Å². The van der Waals surface area contributed by atoms with Crippen LogP contribution in [0.2, 0.25) is 0 Å². The van der Waals surface area contributed by atoms with Gasteiger partial charge in [-0.3, -0.25) is 0 Å². The molecule has 1 aromatic heterocycles. The van der Waals surface area contributed by atoms with Gasteiger partial charge in [-0.25, -0.2) is 9.97 Å². The molecule has 0 amide bonds. The zero-order chi connectivity index (χ0) is 13.7. The van der Waals surface area contributed by atoms with Gasteiger partial charge in [0.25, 0.3) is 0 Å². The second-order valence-electron chi connectivity index (χ2n) is 3.76. The van der Waals surface area contributed by atoms with Gasteiger partial charge in [0.05, 0.1) is 18.7 Å². The van der Waals surface area contributed by atoms with Crippen LogP contribution in [0.5, 0.6) is 11.5 Å². The summed E-state index contributed by atoms with van der Waals surface area (Å²) in [5, 5.41) is 3.22. The molecule has 1 heterocycles. The molecule has 0 atom stereocenters. The monoisotopic (exact) mass is 323 g/mol. The maximum absolute atomic E-state index is 5.26. The Balaban J connectivity index is 2.10. The molecule has 6 heteroatoms. The van der Waals surface area contributed by atoms with E-state index < -0.39 is 0 Å². The van der Waals surface area contributed by atoms with Gasteiger partial charge in [-0.05, 0) is 33.6 Å². The molecule has 1 aromatic carbocycles. The fourth-order valence-corrected chi connectivity index (χ4v) is 1.98. The third-order valence-electron chi connectivity index (χ3n) is 2.58. The maximum Gasteiger partial charge on any atom is 0.161 e.